The van der Waals surface area contributed by atoms with E-state index in [1.807, 2.05) is 12.1 Å². The highest BCUT2D eigenvalue weighted by Gasteiger charge is 2.24. The Morgan fingerprint density at radius 2 is 1.86 bits per heavy atom. The average molecular weight is 408 g/mol. The average Bonchev–Trinajstić information content (AvgIpc) is 2.74. The number of nitriles is 1. The van der Waals surface area contributed by atoms with Gasteiger partial charge in [-0.3, -0.25) is 14.9 Å². The molecule has 0 aliphatic rings. The third-order valence-electron chi connectivity index (χ3n) is 3.98. The van der Waals surface area contributed by atoms with Crippen LogP contribution in [0.1, 0.15) is 17.2 Å². The first-order chi connectivity index (χ1) is 14.0. The zero-order valence-corrected chi connectivity index (χ0v) is 15.7. The van der Waals surface area contributed by atoms with Crippen LogP contribution in [0.2, 0.25) is 5.02 Å². The number of nitrogens with one attached hydrogen (secondary N) is 1. The molecule has 0 aliphatic carbocycles. The van der Waals surface area contributed by atoms with Crippen molar-refractivity contribution >= 4 is 28.9 Å². The van der Waals surface area contributed by atoms with Gasteiger partial charge >= 0.3 is 0 Å². The predicted octanol–water partition coefficient (Wildman–Crippen LogP) is 4.88. The first-order valence-electron chi connectivity index (χ1n) is 8.44. The molecule has 0 aliphatic heterocycles. The standard InChI is InChI=1S/C21H14ClN3O4/c22-18-12-16(25(27)28)9-10-19(18)24-21(26)20(15-6-2-1-3-7-15)29-17-8-4-5-14(11-17)13-23/h1-12,20H,(H,24,26)/t20-/m1/s1. The smallest absolute Gasteiger partial charge is 0.271 e. The normalized spacial score (nSPS) is 11.2. The molecule has 3 rings (SSSR count). The van der Waals surface area contributed by atoms with Gasteiger partial charge < -0.3 is 10.1 Å². The number of hydrogen-bond donors (Lipinski definition) is 1. The van der Waals surface area contributed by atoms with Crippen LogP contribution >= 0.6 is 11.6 Å². The van der Waals surface area contributed by atoms with Gasteiger partial charge in [-0.2, -0.15) is 5.26 Å². The maximum atomic E-state index is 12.9. The van der Waals surface area contributed by atoms with Crippen molar-refractivity contribution in [3.63, 3.8) is 0 Å². The van der Waals surface area contributed by atoms with Crippen molar-refractivity contribution < 1.29 is 14.5 Å². The minimum Gasteiger partial charge on any atom is -0.476 e. The second kappa shape index (κ2) is 8.87. The number of hydrogen-bond acceptors (Lipinski definition) is 5. The van der Waals surface area contributed by atoms with Crippen molar-refractivity contribution in [1.29, 1.82) is 5.26 Å². The summed E-state index contributed by atoms with van der Waals surface area (Å²) in [5.41, 5.74) is 1.02. The van der Waals surface area contributed by atoms with E-state index in [1.54, 1.807) is 42.5 Å². The van der Waals surface area contributed by atoms with E-state index in [0.29, 0.717) is 16.9 Å². The van der Waals surface area contributed by atoms with E-state index in [9.17, 15) is 14.9 Å². The largest absolute Gasteiger partial charge is 0.476 e. The summed E-state index contributed by atoms with van der Waals surface area (Å²) in [5.74, 6) is -0.169. The van der Waals surface area contributed by atoms with Crippen LogP contribution in [0.5, 0.6) is 5.75 Å². The predicted molar refractivity (Wildman–Crippen MR) is 108 cm³/mol. The molecule has 3 aromatic carbocycles. The third-order valence-corrected chi connectivity index (χ3v) is 4.29. The lowest BCUT2D eigenvalue weighted by molar-refractivity contribution is -0.384. The van der Waals surface area contributed by atoms with Gasteiger partial charge in [-0.1, -0.05) is 48.0 Å². The van der Waals surface area contributed by atoms with Crippen molar-refractivity contribution in [2.75, 3.05) is 5.32 Å². The molecule has 1 atom stereocenters. The van der Waals surface area contributed by atoms with Crippen LogP contribution < -0.4 is 10.1 Å². The third kappa shape index (κ3) is 4.89. The van der Waals surface area contributed by atoms with E-state index in [0.717, 1.165) is 6.07 Å². The van der Waals surface area contributed by atoms with Gasteiger partial charge in [-0.25, -0.2) is 0 Å². The number of nitro groups is 1. The molecule has 1 N–H and O–H groups in total. The van der Waals surface area contributed by atoms with Gasteiger partial charge in [0, 0.05) is 17.7 Å². The van der Waals surface area contributed by atoms with E-state index in [1.165, 1.54) is 18.2 Å². The number of ether oxygens (including phenoxy) is 1. The first-order valence-corrected chi connectivity index (χ1v) is 8.82. The van der Waals surface area contributed by atoms with Crippen molar-refractivity contribution in [2.24, 2.45) is 0 Å². The summed E-state index contributed by atoms with van der Waals surface area (Å²) < 4.78 is 5.86. The molecular formula is C21H14ClN3O4. The number of nitro benzene ring substituents is 1. The second-order valence-electron chi connectivity index (χ2n) is 5.96. The molecule has 1 amide bonds. The number of non-ortho nitro benzene ring substituents is 1. The number of rotatable bonds is 6. The fourth-order valence-electron chi connectivity index (χ4n) is 2.59. The molecule has 3 aromatic rings. The molecule has 0 bridgehead atoms. The van der Waals surface area contributed by atoms with Crippen molar-refractivity contribution in [3.8, 4) is 11.8 Å². The number of carbonyl (C=O) groups excluding carboxylic acids is 1. The van der Waals surface area contributed by atoms with Gasteiger partial charge in [0.2, 0.25) is 6.10 Å². The molecule has 0 radical (unpaired) electrons. The molecule has 7 nitrogen and oxygen atoms in total. The fraction of sp³-hybridized carbons (Fsp3) is 0.0476. The molecule has 0 spiro atoms. The highest BCUT2D eigenvalue weighted by Crippen LogP contribution is 2.29. The zero-order valence-electron chi connectivity index (χ0n) is 14.9. The Labute approximate surface area is 171 Å². The van der Waals surface area contributed by atoms with E-state index >= 15 is 0 Å². The van der Waals surface area contributed by atoms with Gasteiger partial charge in [0.05, 0.1) is 27.3 Å². The van der Waals surface area contributed by atoms with Crippen LogP contribution in [0.3, 0.4) is 0 Å². The Balaban J connectivity index is 1.89. The highest BCUT2D eigenvalue weighted by molar-refractivity contribution is 6.34. The maximum absolute atomic E-state index is 12.9. The fourth-order valence-corrected chi connectivity index (χ4v) is 2.82. The van der Waals surface area contributed by atoms with Crippen LogP contribution in [-0.2, 0) is 4.79 Å². The topological polar surface area (TPSA) is 105 Å². The minimum absolute atomic E-state index is 0.0332. The monoisotopic (exact) mass is 407 g/mol. The van der Waals surface area contributed by atoms with E-state index in [2.05, 4.69) is 5.32 Å². The molecular weight excluding hydrogens is 394 g/mol. The van der Waals surface area contributed by atoms with Crippen LogP contribution in [0.15, 0.2) is 72.8 Å². The zero-order chi connectivity index (χ0) is 20.8. The molecule has 0 unspecified atom stereocenters. The SMILES string of the molecule is N#Cc1cccc(O[C@@H](C(=O)Nc2ccc([N+](=O)[O-])cc2Cl)c2ccccc2)c1. The lowest BCUT2D eigenvalue weighted by atomic mass is 10.1. The summed E-state index contributed by atoms with van der Waals surface area (Å²) in [6.07, 6.45) is -1.03. The molecule has 144 valence electrons. The number of nitrogens with zero attached hydrogens (tertiary/aromatic N) is 2. The van der Waals surface area contributed by atoms with Crippen LogP contribution in [0.25, 0.3) is 0 Å². The molecule has 0 fully saturated rings. The summed E-state index contributed by atoms with van der Waals surface area (Å²) in [6.45, 7) is 0. The Morgan fingerprint density at radius 1 is 1.10 bits per heavy atom. The minimum atomic E-state index is -1.03. The summed E-state index contributed by atoms with van der Waals surface area (Å²) >= 11 is 6.07. The lowest BCUT2D eigenvalue weighted by Gasteiger charge is -2.19. The van der Waals surface area contributed by atoms with Crippen molar-refractivity contribution in [2.45, 2.75) is 6.10 Å². The van der Waals surface area contributed by atoms with Gasteiger partial charge in [0.1, 0.15) is 5.75 Å². The Hall–Kier alpha value is -3.89. The van der Waals surface area contributed by atoms with Gasteiger partial charge in [-0.15, -0.1) is 0 Å². The molecule has 0 saturated heterocycles. The Kier molecular flexibility index (Phi) is 6.07. The molecule has 29 heavy (non-hydrogen) atoms. The first kappa shape index (κ1) is 19.9. The number of carbonyl (C=O) groups is 1. The molecule has 0 heterocycles. The van der Waals surface area contributed by atoms with E-state index in [4.69, 9.17) is 21.6 Å². The lowest BCUT2D eigenvalue weighted by Crippen LogP contribution is -2.25. The summed E-state index contributed by atoms with van der Waals surface area (Å²) in [6, 6.07) is 21.0. The number of halogens is 1. The second-order valence-corrected chi connectivity index (χ2v) is 6.37. The molecule has 0 aromatic heterocycles. The van der Waals surface area contributed by atoms with Gasteiger partial charge in [-0.05, 0) is 24.3 Å². The number of anilines is 1. The number of amides is 1. The van der Waals surface area contributed by atoms with Gasteiger partial charge in [0.25, 0.3) is 11.6 Å². The molecule has 0 saturated carbocycles. The van der Waals surface area contributed by atoms with Crippen LogP contribution in [0, 0.1) is 21.4 Å². The Bertz CT molecular complexity index is 1100. The van der Waals surface area contributed by atoms with Crippen molar-refractivity contribution in [1.82, 2.24) is 0 Å². The quantitative estimate of drug-likeness (QED) is 0.463. The molecule has 8 heteroatoms. The summed E-state index contributed by atoms with van der Waals surface area (Å²) in [7, 11) is 0. The maximum Gasteiger partial charge on any atom is 0.271 e. The number of benzene rings is 3. The Morgan fingerprint density at radius 3 is 2.52 bits per heavy atom. The van der Waals surface area contributed by atoms with Crippen molar-refractivity contribution in [3.05, 3.63) is 99.1 Å². The van der Waals surface area contributed by atoms with Gasteiger partial charge in [0.15, 0.2) is 0 Å². The summed E-state index contributed by atoms with van der Waals surface area (Å²) in [4.78, 5) is 23.2. The van der Waals surface area contributed by atoms with Crippen LogP contribution in [0.4, 0.5) is 11.4 Å². The summed E-state index contributed by atoms with van der Waals surface area (Å²) in [5, 5.41) is 22.6. The van der Waals surface area contributed by atoms with Crippen LogP contribution in [-0.4, -0.2) is 10.8 Å². The van der Waals surface area contributed by atoms with E-state index < -0.39 is 16.9 Å². The van der Waals surface area contributed by atoms with E-state index in [-0.39, 0.29) is 16.4 Å². The highest BCUT2D eigenvalue weighted by atomic mass is 35.5.